The van der Waals surface area contributed by atoms with E-state index in [0.717, 1.165) is 43.9 Å². The van der Waals surface area contributed by atoms with Crippen molar-refractivity contribution in [1.29, 1.82) is 0 Å². The largest absolute Gasteiger partial charge is 0.469 e. The minimum absolute atomic E-state index is 0. The molecule has 118 valence electrons. The van der Waals surface area contributed by atoms with Gasteiger partial charge in [0, 0.05) is 25.0 Å². The Labute approximate surface area is 144 Å². The summed E-state index contributed by atoms with van der Waals surface area (Å²) in [5, 5.41) is 6.96. The van der Waals surface area contributed by atoms with E-state index in [2.05, 4.69) is 41.6 Å². The summed E-state index contributed by atoms with van der Waals surface area (Å²) >= 11 is 0. The van der Waals surface area contributed by atoms with Crippen molar-refractivity contribution in [3.05, 3.63) is 36.3 Å². The Bertz CT molecular complexity index is 434. The van der Waals surface area contributed by atoms with Crippen LogP contribution in [-0.2, 0) is 6.42 Å². The summed E-state index contributed by atoms with van der Waals surface area (Å²) < 4.78 is 5.33. The third-order valence-corrected chi connectivity index (χ3v) is 3.55. The van der Waals surface area contributed by atoms with Gasteiger partial charge < -0.3 is 15.1 Å². The monoisotopic (exact) mass is 403 g/mol. The molecule has 2 rings (SSSR count). The summed E-state index contributed by atoms with van der Waals surface area (Å²) in [6.45, 7) is 5.09. The number of furan rings is 1. The number of halogens is 1. The van der Waals surface area contributed by atoms with Crippen molar-refractivity contribution >= 4 is 29.9 Å². The molecule has 0 bridgehead atoms. The van der Waals surface area contributed by atoms with Crippen LogP contribution in [0.25, 0.3) is 0 Å². The number of hydrogen-bond acceptors (Lipinski definition) is 2. The third-order valence-electron chi connectivity index (χ3n) is 3.55. The molecule has 5 heteroatoms. The lowest BCUT2D eigenvalue weighted by atomic mass is 10.2. The Hall–Kier alpha value is -0.980. The maximum atomic E-state index is 5.33. The average Bonchev–Trinajstić information content (AvgIpc) is 3.11. The summed E-state index contributed by atoms with van der Waals surface area (Å²) in [4.78, 5) is 4.66. The van der Waals surface area contributed by atoms with Crippen LogP contribution in [0.2, 0.25) is 0 Å². The zero-order valence-corrected chi connectivity index (χ0v) is 15.2. The van der Waals surface area contributed by atoms with Gasteiger partial charge in [-0.15, -0.1) is 24.0 Å². The highest BCUT2D eigenvalue weighted by Crippen LogP contribution is 2.09. The average molecular weight is 403 g/mol. The highest BCUT2D eigenvalue weighted by atomic mass is 127. The van der Waals surface area contributed by atoms with Crippen molar-refractivity contribution in [2.45, 2.75) is 51.6 Å². The molecule has 4 nitrogen and oxygen atoms in total. The van der Waals surface area contributed by atoms with E-state index >= 15 is 0 Å². The van der Waals surface area contributed by atoms with E-state index in [9.17, 15) is 0 Å². The molecule has 21 heavy (non-hydrogen) atoms. The van der Waals surface area contributed by atoms with Crippen molar-refractivity contribution in [2.75, 3.05) is 6.54 Å². The minimum Gasteiger partial charge on any atom is -0.469 e. The number of nitrogens with one attached hydrogen (secondary N) is 2. The fourth-order valence-corrected chi connectivity index (χ4v) is 2.13. The first-order valence-electron chi connectivity index (χ1n) is 7.52. The van der Waals surface area contributed by atoms with Crippen LogP contribution in [0.5, 0.6) is 0 Å². The lowest BCUT2D eigenvalue weighted by Crippen LogP contribution is -2.46. The first-order chi connectivity index (χ1) is 9.78. The highest BCUT2D eigenvalue weighted by Gasteiger charge is 2.13. The summed E-state index contributed by atoms with van der Waals surface area (Å²) in [5.74, 6) is 1.90. The molecule has 0 radical (unpaired) electrons. The van der Waals surface area contributed by atoms with Gasteiger partial charge in [-0.1, -0.05) is 19.1 Å². The molecule has 1 heterocycles. The van der Waals surface area contributed by atoms with Gasteiger partial charge in [-0.05, 0) is 38.3 Å². The Morgan fingerprint density at radius 3 is 2.81 bits per heavy atom. The molecule has 1 aromatic rings. The molecule has 0 saturated heterocycles. The Morgan fingerprint density at radius 2 is 2.19 bits per heavy atom. The molecule has 1 atom stereocenters. The number of aliphatic imine (C=N–C) groups is 1. The molecule has 0 fully saturated rings. The lowest BCUT2D eigenvalue weighted by Gasteiger charge is -2.20. The van der Waals surface area contributed by atoms with E-state index in [0.29, 0.717) is 12.1 Å². The second-order valence-corrected chi connectivity index (χ2v) is 5.30. The predicted octanol–water partition coefficient (Wildman–Crippen LogP) is 3.49. The molecule has 0 aliphatic heterocycles. The summed E-state index contributed by atoms with van der Waals surface area (Å²) in [6, 6.07) is 4.82. The number of rotatable bonds is 6. The van der Waals surface area contributed by atoms with Gasteiger partial charge in [0.2, 0.25) is 0 Å². The van der Waals surface area contributed by atoms with Crippen LogP contribution in [0.3, 0.4) is 0 Å². The van der Waals surface area contributed by atoms with Crippen molar-refractivity contribution in [1.82, 2.24) is 10.6 Å². The van der Waals surface area contributed by atoms with Gasteiger partial charge in [-0.25, -0.2) is 0 Å². The zero-order chi connectivity index (χ0) is 14.2. The maximum Gasteiger partial charge on any atom is 0.191 e. The molecule has 0 amide bonds. The summed E-state index contributed by atoms with van der Waals surface area (Å²) in [5.41, 5.74) is 0. The van der Waals surface area contributed by atoms with Crippen molar-refractivity contribution in [2.24, 2.45) is 4.99 Å². The smallest absolute Gasteiger partial charge is 0.191 e. The van der Waals surface area contributed by atoms with Gasteiger partial charge in [-0.3, -0.25) is 4.99 Å². The molecule has 1 unspecified atom stereocenters. The van der Waals surface area contributed by atoms with E-state index < -0.39 is 0 Å². The number of guanidine groups is 1. The molecule has 2 N–H and O–H groups in total. The molecule has 0 spiro atoms. The minimum atomic E-state index is 0. The van der Waals surface area contributed by atoms with E-state index in [1.54, 1.807) is 6.26 Å². The van der Waals surface area contributed by atoms with Crippen LogP contribution in [0, 0.1) is 0 Å². The second kappa shape index (κ2) is 9.87. The first-order valence-corrected chi connectivity index (χ1v) is 7.52. The Balaban J connectivity index is 0.00000220. The molecule has 1 aliphatic rings. The Kier molecular flexibility index (Phi) is 8.49. The molecule has 0 aromatic carbocycles. The molecule has 1 aromatic heterocycles. The van der Waals surface area contributed by atoms with Crippen molar-refractivity contribution in [3.63, 3.8) is 0 Å². The van der Waals surface area contributed by atoms with E-state index in [-0.39, 0.29) is 24.0 Å². The highest BCUT2D eigenvalue weighted by molar-refractivity contribution is 14.0. The van der Waals surface area contributed by atoms with Crippen LogP contribution in [0.4, 0.5) is 0 Å². The summed E-state index contributed by atoms with van der Waals surface area (Å²) in [7, 11) is 0. The fourth-order valence-electron chi connectivity index (χ4n) is 2.13. The molecule has 0 saturated carbocycles. The maximum absolute atomic E-state index is 5.33. The third kappa shape index (κ3) is 6.54. The van der Waals surface area contributed by atoms with Gasteiger partial charge in [0.25, 0.3) is 0 Å². The van der Waals surface area contributed by atoms with E-state index in [1.165, 1.54) is 0 Å². The van der Waals surface area contributed by atoms with Crippen molar-refractivity contribution < 1.29 is 4.42 Å². The van der Waals surface area contributed by atoms with Gasteiger partial charge in [0.1, 0.15) is 5.76 Å². The summed E-state index contributed by atoms with van der Waals surface area (Å²) in [6.07, 6.45) is 10.2. The quantitative estimate of drug-likeness (QED) is 0.331. The van der Waals surface area contributed by atoms with Gasteiger partial charge in [-0.2, -0.15) is 0 Å². The number of hydrogen-bond donors (Lipinski definition) is 2. The standard InChI is InChI=1S/C16H25N3O.HI/c1-3-13(2)18-16(19-14-7-4-5-8-14)17-11-10-15-9-6-12-20-15;/h4-6,9,12-14H,3,7-8,10-11H2,1-2H3,(H2,17,18,19);1H. The fraction of sp³-hybridized carbons (Fsp3) is 0.562. The van der Waals surface area contributed by atoms with Crippen LogP contribution in [0.1, 0.15) is 38.9 Å². The zero-order valence-electron chi connectivity index (χ0n) is 12.8. The van der Waals surface area contributed by atoms with E-state index in [1.807, 2.05) is 12.1 Å². The normalized spacial score (nSPS) is 16.6. The van der Waals surface area contributed by atoms with Gasteiger partial charge >= 0.3 is 0 Å². The number of nitrogens with zero attached hydrogens (tertiary/aromatic N) is 1. The second-order valence-electron chi connectivity index (χ2n) is 5.30. The first kappa shape index (κ1) is 18.1. The van der Waals surface area contributed by atoms with Gasteiger partial charge in [0.15, 0.2) is 5.96 Å². The van der Waals surface area contributed by atoms with Gasteiger partial charge in [0.05, 0.1) is 6.26 Å². The topological polar surface area (TPSA) is 49.6 Å². The van der Waals surface area contributed by atoms with Crippen LogP contribution in [-0.4, -0.2) is 24.6 Å². The SMILES string of the molecule is CCC(C)NC(=NCCc1ccco1)NC1CC=CC1.I. The van der Waals surface area contributed by atoms with Crippen LogP contribution in [0.15, 0.2) is 40.0 Å². The molecule has 1 aliphatic carbocycles. The van der Waals surface area contributed by atoms with Crippen LogP contribution < -0.4 is 10.6 Å². The lowest BCUT2D eigenvalue weighted by molar-refractivity contribution is 0.510. The molecular formula is C16H26IN3O. The predicted molar refractivity (Wildman–Crippen MR) is 98.3 cm³/mol. The van der Waals surface area contributed by atoms with Crippen molar-refractivity contribution in [3.8, 4) is 0 Å². The van der Waals surface area contributed by atoms with E-state index in [4.69, 9.17) is 4.42 Å². The Morgan fingerprint density at radius 1 is 1.43 bits per heavy atom. The molecular weight excluding hydrogens is 377 g/mol. The van der Waals surface area contributed by atoms with Crippen LogP contribution >= 0.6 is 24.0 Å².